The van der Waals surface area contributed by atoms with Crippen molar-refractivity contribution in [3.8, 4) is 0 Å². The molecule has 0 radical (unpaired) electrons. The van der Waals surface area contributed by atoms with Crippen LogP contribution in [0.3, 0.4) is 0 Å². The number of hydrogen-bond acceptors (Lipinski definition) is 1. The van der Waals surface area contributed by atoms with E-state index in [1.54, 1.807) is 0 Å². The summed E-state index contributed by atoms with van der Waals surface area (Å²) in [4.78, 5) is 0. The molecule has 1 saturated heterocycles. The Morgan fingerprint density at radius 1 is 1.43 bits per heavy atom. The molecular formula is C11H13BrFN. The first-order valence-corrected chi connectivity index (χ1v) is 5.57. The number of nitrogens with one attached hydrogen (secondary N) is 1. The Morgan fingerprint density at radius 3 is 2.57 bits per heavy atom. The lowest BCUT2D eigenvalue weighted by Crippen LogP contribution is -2.39. The van der Waals surface area contributed by atoms with Crippen LogP contribution in [0.25, 0.3) is 0 Å². The standard InChI is InChI=1S/C11H13BrFN/c1-11(10(13)6-7-14-11)8-2-4-9(12)5-3-8/h2-5,10,14H,6-7H2,1H3. The Labute approximate surface area is 91.8 Å². The molecule has 14 heavy (non-hydrogen) atoms. The minimum atomic E-state index is -0.788. The molecule has 1 nitrogen and oxygen atoms in total. The molecule has 0 saturated carbocycles. The quantitative estimate of drug-likeness (QED) is 0.816. The maximum atomic E-state index is 13.7. The van der Waals surface area contributed by atoms with Crippen LogP contribution in [0.2, 0.25) is 0 Å². The molecule has 2 rings (SSSR count). The number of rotatable bonds is 1. The largest absolute Gasteiger partial charge is 0.305 e. The van der Waals surface area contributed by atoms with Crippen LogP contribution in [-0.2, 0) is 5.54 Å². The van der Waals surface area contributed by atoms with E-state index in [9.17, 15) is 4.39 Å². The van der Waals surface area contributed by atoms with Gasteiger partial charge in [-0.2, -0.15) is 0 Å². The molecule has 2 unspecified atom stereocenters. The third kappa shape index (κ3) is 1.59. The summed E-state index contributed by atoms with van der Waals surface area (Å²) in [6.45, 7) is 2.68. The van der Waals surface area contributed by atoms with Crippen molar-refractivity contribution in [1.82, 2.24) is 5.32 Å². The fourth-order valence-electron chi connectivity index (χ4n) is 1.94. The second kappa shape index (κ2) is 3.63. The minimum absolute atomic E-state index is 0.499. The molecule has 1 fully saturated rings. The van der Waals surface area contributed by atoms with Gasteiger partial charge in [0.15, 0.2) is 0 Å². The number of hydrogen-bond donors (Lipinski definition) is 1. The van der Waals surface area contributed by atoms with Crippen LogP contribution >= 0.6 is 15.9 Å². The van der Waals surface area contributed by atoms with Crippen molar-refractivity contribution in [2.75, 3.05) is 6.54 Å². The summed E-state index contributed by atoms with van der Waals surface area (Å²) in [5.74, 6) is 0. The highest BCUT2D eigenvalue weighted by molar-refractivity contribution is 9.10. The summed E-state index contributed by atoms with van der Waals surface area (Å²) >= 11 is 3.37. The van der Waals surface area contributed by atoms with Gasteiger partial charge in [-0.3, -0.25) is 0 Å². The highest BCUT2D eigenvalue weighted by atomic mass is 79.9. The van der Waals surface area contributed by atoms with Crippen molar-refractivity contribution in [1.29, 1.82) is 0 Å². The fraction of sp³-hybridized carbons (Fsp3) is 0.455. The monoisotopic (exact) mass is 257 g/mol. The van der Waals surface area contributed by atoms with Crippen LogP contribution in [-0.4, -0.2) is 12.7 Å². The first kappa shape index (κ1) is 10.1. The summed E-state index contributed by atoms with van der Waals surface area (Å²) in [5.41, 5.74) is 0.520. The Balaban J connectivity index is 2.34. The average Bonchev–Trinajstić information content (AvgIpc) is 2.49. The van der Waals surface area contributed by atoms with E-state index >= 15 is 0 Å². The van der Waals surface area contributed by atoms with E-state index in [-0.39, 0.29) is 0 Å². The number of alkyl halides is 1. The van der Waals surface area contributed by atoms with E-state index < -0.39 is 11.7 Å². The van der Waals surface area contributed by atoms with Gasteiger partial charge in [0.25, 0.3) is 0 Å². The van der Waals surface area contributed by atoms with Crippen molar-refractivity contribution in [2.24, 2.45) is 0 Å². The molecule has 76 valence electrons. The van der Waals surface area contributed by atoms with Gasteiger partial charge in [0, 0.05) is 4.47 Å². The van der Waals surface area contributed by atoms with Crippen molar-refractivity contribution >= 4 is 15.9 Å². The van der Waals surface area contributed by atoms with Gasteiger partial charge in [0.05, 0.1) is 5.54 Å². The van der Waals surface area contributed by atoms with Gasteiger partial charge >= 0.3 is 0 Å². The maximum absolute atomic E-state index is 13.7. The molecule has 1 aromatic rings. The molecule has 0 aliphatic carbocycles. The molecule has 1 aromatic carbocycles. The van der Waals surface area contributed by atoms with Crippen LogP contribution < -0.4 is 5.32 Å². The first-order chi connectivity index (χ1) is 6.63. The Kier molecular flexibility index (Phi) is 2.62. The lowest BCUT2D eigenvalue weighted by molar-refractivity contribution is 0.220. The zero-order valence-corrected chi connectivity index (χ0v) is 9.64. The summed E-state index contributed by atoms with van der Waals surface area (Å²) in [6, 6.07) is 7.84. The Bertz CT molecular complexity index is 325. The number of halogens is 2. The van der Waals surface area contributed by atoms with Crippen molar-refractivity contribution in [2.45, 2.75) is 25.1 Å². The minimum Gasteiger partial charge on any atom is -0.305 e. The predicted octanol–water partition coefficient (Wildman–Crippen LogP) is 3.00. The third-order valence-corrected chi connectivity index (χ3v) is 3.49. The van der Waals surface area contributed by atoms with Gasteiger partial charge in [0.2, 0.25) is 0 Å². The van der Waals surface area contributed by atoms with E-state index in [1.165, 1.54) is 0 Å². The Morgan fingerprint density at radius 2 is 2.07 bits per heavy atom. The van der Waals surface area contributed by atoms with Crippen LogP contribution in [0.4, 0.5) is 4.39 Å². The lowest BCUT2D eigenvalue weighted by Gasteiger charge is -2.27. The van der Waals surface area contributed by atoms with E-state index in [0.29, 0.717) is 6.42 Å². The van der Waals surface area contributed by atoms with Gasteiger partial charge < -0.3 is 5.32 Å². The zero-order chi connectivity index (χ0) is 10.2. The predicted molar refractivity (Wildman–Crippen MR) is 59.0 cm³/mol. The van der Waals surface area contributed by atoms with Crippen molar-refractivity contribution < 1.29 is 4.39 Å². The van der Waals surface area contributed by atoms with Crippen LogP contribution in [0, 0.1) is 0 Å². The maximum Gasteiger partial charge on any atom is 0.123 e. The molecule has 0 spiro atoms. The molecule has 0 amide bonds. The summed E-state index contributed by atoms with van der Waals surface area (Å²) in [6.07, 6.45) is -0.185. The smallest absolute Gasteiger partial charge is 0.123 e. The lowest BCUT2D eigenvalue weighted by atomic mass is 9.89. The molecule has 2 atom stereocenters. The number of benzene rings is 1. The zero-order valence-electron chi connectivity index (χ0n) is 8.06. The SMILES string of the molecule is CC1(c2ccc(Br)cc2)NCCC1F. The molecular weight excluding hydrogens is 245 g/mol. The van der Waals surface area contributed by atoms with Gasteiger partial charge in [-0.1, -0.05) is 28.1 Å². The normalized spacial score (nSPS) is 32.1. The van der Waals surface area contributed by atoms with Crippen molar-refractivity contribution in [3.05, 3.63) is 34.3 Å². The molecule has 1 aliphatic heterocycles. The summed E-state index contributed by atoms with van der Waals surface area (Å²) in [7, 11) is 0. The van der Waals surface area contributed by atoms with Gasteiger partial charge in [-0.25, -0.2) is 4.39 Å². The summed E-state index contributed by atoms with van der Waals surface area (Å²) < 4.78 is 14.7. The van der Waals surface area contributed by atoms with Gasteiger partial charge in [0.1, 0.15) is 6.17 Å². The van der Waals surface area contributed by atoms with E-state index in [2.05, 4.69) is 21.2 Å². The van der Waals surface area contributed by atoms with Gasteiger partial charge in [-0.05, 0) is 37.6 Å². The molecule has 0 aromatic heterocycles. The van der Waals surface area contributed by atoms with Crippen molar-refractivity contribution in [3.63, 3.8) is 0 Å². The Hall–Kier alpha value is -0.410. The molecule has 3 heteroatoms. The third-order valence-electron chi connectivity index (χ3n) is 2.96. The topological polar surface area (TPSA) is 12.0 Å². The average molecular weight is 258 g/mol. The molecule has 1 N–H and O–H groups in total. The summed E-state index contributed by atoms with van der Waals surface area (Å²) in [5, 5.41) is 3.23. The second-order valence-corrected chi connectivity index (χ2v) is 4.81. The molecule has 1 heterocycles. The molecule has 1 aliphatic rings. The van der Waals surface area contributed by atoms with Gasteiger partial charge in [-0.15, -0.1) is 0 Å². The van der Waals surface area contributed by atoms with E-state index in [4.69, 9.17) is 0 Å². The highest BCUT2D eigenvalue weighted by Crippen LogP contribution is 2.33. The second-order valence-electron chi connectivity index (χ2n) is 3.89. The van der Waals surface area contributed by atoms with Crippen LogP contribution in [0.1, 0.15) is 18.9 Å². The van der Waals surface area contributed by atoms with E-state index in [1.807, 2.05) is 31.2 Å². The first-order valence-electron chi connectivity index (χ1n) is 4.78. The molecule has 0 bridgehead atoms. The van der Waals surface area contributed by atoms with E-state index in [0.717, 1.165) is 16.6 Å². The van der Waals surface area contributed by atoms with Crippen LogP contribution in [0.15, 0.2) is 28.7 Å². The fourth-order valence-corrected chi connectivity index (χ4v) is 2.20. The highest BCUT2D eigenvalue weighted by Gasteiger charge is 2.40. The van der Waals surface area contributed by atoms with Crippen LogP contribution in [0.5, 0.6) is 0 Å².